The van der Waals surface area contributed by atoms with Crippen molar-refractivity contribution in [2.45, 2.75) is 13.1 Å². The summed E-state index contributed by atoms with van der Waals surface area (Å²) in [7, 11) is 1.66. The Bertz CT molecular complexity index is 1130. The standard InChI is InChI=1S/C22H22N4O3/c1-14(21(23)27)11-25-13-20-18(22(25)28)6-5-15-3-4-16(9-19(15)20)17-10-24-26(12-17)7-8-29-2/h3-6,9-10,12H,1,7-8,11,13H2,2H3,(H2,23,27). The molecule has 1 aliphatic heterocycles. The monoisotopic (exact) mass is 390 g/mol. The van der Waals surface area contributed by atoms with E-state index in [4.69, 9.17) is 10.5 Å². The number of hydrogen-bond donors (Lipinski definition) is 1. The number of nitrogens with zero attached hydrogens (tertiary/aromatic N) is 3. The third-order valence-corrected chi connectivity index (χ3v) is 5.22. The normalized spacial score (nSPS) is 13.1. The molecule has 0 radical (unpaired) electrons. The molecule has 0 bridgehead atoms. The van der Waals surface area contributed by atoms with Crippen molar-refractivity contribution in [2.24, 2.45) is 5.73 Å². The Morgan fingerprint density at radius 3 is 2.83 bits per heavy atom. The van der Waals surface area contributed by atoms with E-state index in [0.29, 0.717) is 25.3 Å². The molecule has 2 heterocycles. The summed E-state index contributed by atoms with van der Waals surface area (Å²) >= 11 is 0. The Morgan fingerprint density at radius 1 is 1.28 bits per heavy atom. The molecule has 0 spiro atoms. The second-order valence-electron chi connectivity index (χ2n) is 7.14. The minimum Gasteiger partial charge on any atom is -0.383 e. The van der Waals surface area contributed by atoms with Gasteiger partial charge in [-0.25, -0.2) is 0 Å². The van der Waals surface area contributed by atoms with Gasteiger partial charge < -0.3 is 15.4 Å². The molecule has 148 valence electrons. The molecule has 0 fully saturated rings. The van der Waals surface area contributed by atoms with E-state index in [2.05, 4.69) is 23.8 Å². The maximum atomic E-state index is 12.8. The molecule has 7 heteroatoms. The Balaban J connectivity index is 1.68. The van der Waals surface area contributed by atoms with Crippen molar-refractivity contribution in [1.82, 2.24) is 14.7 Å². The first-order valence-electron chi connectivity index (χ1n) is 9.32. The smallest absolute Gasteiger partial charge is 0.254 e. The number of ether oxygens (including phenoxy) is 1. The Labute approximate surface area is 168 Å². The molecule has 0 unspecified atom stereocenters. The Hall–Kier alpha value is -3.45. The van der Waals surface area contributed by atoms with E-state index in [-0.39, 0.29) is 18.0 Å². The van der Waals surface area contributed by atoms with Crippen molar-refractivity contribution in [1.29, 1.82) is 0 Å². The molecule has 2 N–H and O–H groups in total. The summed E-state index contributed by atoms with van der Waals surface area (Å²) in [6.07, 6.45) is 3.81. The molecule has 3 aromatic rings. The van der Waals surface area contributed by atoms with E-state index in [0.717, 1.165) is 27.5 Å². The summed E-state index contributed by atoms with van der Waals surface area (Å²) in [5, 5.41) is 6.45. The van der Waals surface area contributed by atoms with Gasteiger partial charge in [0.05, 0.1) is 25.9 Å². The predicted octanol–water partition coefficient (Wildman–Crippen LogP) is 2.35. The van der Waals surface area contributed by atoms with Gasteiger partial charge in [0.2, 0.25) is 5.91 Å². The summed E-state index contributed by atoms with van der Waals surface area (Å²) in [6, 6.07) is 9.98. The number of amides is 2. The minimum absolute atomic E-state index is 0.109. The van der Waals surface area contributed by atoms with Gasteiger partial charge >= 0.3 is 0 Å². The highest BCUT2D eigenvalue weighted by molar-refractivity contribution is 6.05. The van der Waals surface area contributed by atoms with E-state index in [1.54, 1.807) is 12.0 Å². The van der Waals surface area contributed by atoms with Crippen LogP contribution in [0.15, 0.2) is 54.9 Å². The van der Waals surface area contributed by atoms with Crippen LogP contribution in [-0.4, -0.2) is 46.8 Å². The summed E-state index contributed by atoms with van der Waals surface area (Å²) < 4.78 is 6.94. The fourth-order valence-electron chi connectivity index (χ4n) is 3.62. The van der Waals surface area contributed by atoms with E-state index in [1.165, 1.54) is 0 Å². The van der Waals surface area contributed by atoms with Crippen LogP contribution in [-0.2, 0) is 22.6 Å². The molecule has 1 aliphatic rings. The first-order valence-corrected chi connectivity index (χ1v) is 9.32. The van der Waals surface area contributed by atoms with Crippen LogP contribution in [0.2, 0.25) is 0 Å². The lowest BCUT2D eigenvalue weighted by molar-refractivity contribution is -0.114. The maximum absolute atomic E-state index is 12.8. The first-order chi connectivity index (χ1) is 14.0. The van der Waals surface area contributed by atoms with Crippen LogP contribution in [0.1, 0.15) is 15.9 Å². The SMILES string of the molecule is C=C(CN1Cc2c(ccc3ccc(-c4cnn(CCOC)c4)cc23)C1=O)C(N)=O. The van der Waals surface area contributed by atoms with Crippen molar-refractivity contribution in [3.8, 4) is 11.1 Å². The third kappa shape index (κ3) is 3.52. The molecule has 0 saturated carbocycles. The molecular weight excluding hydrogens is 368 g/mol. The van der Waals surface area contributed by atoms with Gasteiger partial charge in [0, 0.05) is 36.6 Å². The van der Waals surface area contributed by atoms with Crippen molar-refractivity contribution in [3.05, 3.63) is 66.0 Å². The summed E-state index contributed by atoms with van der Waals surface area (Å²) in [5.41, 5.74) is 9.15. The summed E-state index contributed by atoms with van der Waals surface area (Å²) in [4.78, 5) is 25.7. The fourth-order valence-corrected chi connectivity index (χ4v) is 3.62. The number of carbonyl (C=O) groups is 2. The number of benzene rings is 2. The molecule has 4 rings (SSSR count). The zero-order chi connectivity index (χ0) is 20.5. The molecule has 2 amide bonds. The van der Waals surface area contributed by atoms with Crippen molar-refractivity contribution in [2.75, 3.05) is 20.3 Å². The topological polar surface area (TPSA) is 90.4 Å². The van der Waals surface area contributed by atoms with Gasteiger partial charge in [-0.3, -0.25) is 14.3 Å². The summed E-state index contributed by atoms with van der Waals surface area (Å²) in [6.45, 7) is 5.51. The van der Waals surface area contributed by atoms with Crippen molar-refractivity contribution < 1.29 is 14.3 Å². The molecule has 2 aromatic carbocycles. The molecule has 0 aliphatic carbocycles. The Kier molecular flexibility index (Phi) is 4.90. The van der Waals surface area contributed by atoms with Gasteiger partial charge in [-0.1, -0.05) is 24.8 Å². The van der Waals surface area contributed by atoms with Crippen molar-refractivity contribution in [3.63, 3.8) is 0 Å². The number of methoxy groups -OCH3 is 1. The van der Waals surface area contributed by atoms with Gasteiger partial charge in [-0.15, -0.1) is 0 Å². The average molecular weight is 390 g/mol. The van der Waals surface area contributed by atoms with Crippen LogP contribution < -0.4 is 5.73 Å². The molecule has 29 heavy (non-hydrogen) atoms. The van der Waals surface area contributed by atoms with Crippen LogP contribution in [0.3, 0.4) is 0 Å². The zero-order valence-corrected chi connectivity index (χ0v) is 16.2. The highest BCUT2D eigenvalue weighted by Crippen LogP contribution is 2.33. The molecule has 0 atom stereocenters. The molecular formula is C22H22N4O3. The van der Waals surface area contributed by atoms with Crippen LogP contribution in [0.25, 0.3) is 21.9 Å². The number of carbonyl (C=O) groups excluding carboxylic acids is 2. The quantitative estimate of drug-likeness (QED) is 0.627. The van der Waals surface area contributed by atoms with Gasteiger partial charge in [-0.05, 0) is 34.0 Å². The van der Waals surface area contributed by atoms with Gasteiger partial charge in [0.25, 0.3) is 5.91 Å². The van der Waals surface area contributed by atoms with Crippen LogP contribution in [0.5, 0.6) is 0 Å². The van der Waals surface area contributed by atoms with E-state index in [1.807, 2.05) is 35.3 Å². The number of primary amides is 1. The van der Waals surface area contributed by atoms with Gasteiger partial charge in [0.15, 0.2) is 0 Å². The molecule has 7 nitrogen and oxygen atoms in total. The lowest BCUT2D eigenvalue weighted by atomic mass is 9.97. The zero-order valence-electron chi connectivity index (χ0n) is 16.2. The number of hydrogen-bond acceptors (Lipinski definition) is 4. The van der Waals surface area contributed by atoms with Crippen LogP contribution in [0, 0.1) is 0 Å². The maximum Gasteiger partial charge on any atom is 0.254 e. The number of fused-ring (bicyclic) bond motifs is 3. The summed E-state index contributed by atoms with van der Waals surface area (Å²) in [5.74, 6) is -0.700. The predicted molar refractivity (Wildman–Crippen MR) is 110 cm³/mol. The molecule has 1 aromatic heterocycles. The second-order valence-corrected chi connectivity index (χ2v) is 7.14. The van der Waals surface area contributed by atoms with E-state index < -0.39 is 5.91 Å². The van der Waals surface area contributed by atoms with E-state index in [9.17, 15) is 9.59 Å². The molecule has 0 saturated heterocycles. The second kappa shape index (κ2) is 7.52. The minimum atomic E-state index is -0.591. The fraction of sp³-hybridized carbons (Fsp3) is 0.227. The number of nitrogens with two attached hydrogens (primary N) is 1. The number of rotatable bonds is 7. The van der Waals surface area contributed by atoms with Gasteiger partial charge in [0.1, 0.15) is 0 Å². The third-order valence-electron chi connectivity index (χ3n) is 5.22. The lowest BCUT2D eigenvalue weighted by Crippen LogP contribution is -2.30. The average Bonchev–Trinajstić information content (AvgIpc) is 3.31. The first kappa shape index (κ1) is 18.9. The van der Waals surface area contributed by atoms with Crippen molar-refractivity contribution >= 4 is 22.6 Å². The van der Waals surface area contributed by atoms with Crippen LogP contribution in [0.4, 0.5) is 0 Å². The highest BCUT2D eigenvalue weighted by Gasteiger charge is 2.29. The Morgan fingerprint density at radius 2 is 2.07 bits per heavy atom. The largest absolute Gasteiger partial charge is 0.383 e. The number of aromatic nitrogens is 2. The lowest BCUT2D eigenvalue weighted by Gasteiger charge is -2.15. The van der Waals surface area contributed by atoms with Gasteiger partial charge in [-0.2, -0.15) is 5.10 Å². The van der Waals surface area contributed by atoms with E-state index >= 15 is 0 Å². The van der Waals surface area contributed by atoms with Crippen LogP contribution >= 0.6 is 0 Å². The highest BCUT2D eigenvalue weighted by atomic mass is 16.5.